The van der Waals surface area contributed by atoms with Gasteiger partial charge < -0.3 is 14.1 Å². The molecule has 0 amide bonds. The summed E-state index contributed by atoms with van der Waals surface area (Å²) in [5.74, 6) is 0.337. The Morgan fingerprint density at radius 2 is 1.87 bits per heavy atom. The lowest BCUT2D eigenvalue weighted by molar-refractivity contribution is -0.937. The Labute approximate surface area is 182 Å². The predicted octanol–water partition coefficient (Wildman–Crippen LogP) is 1.70. The lowest BCUT2D eigenvalue weighted by Crippen LogP contribution is -3.14. The highest BCUT2D eigenvalue weighted by molar-refractivity contribution is 7.89. The van der Waals surface area contributed by atoms with E-state index in [4.69, 9.17) is 21.4 Å². The second kappa shape index (κ2) is 8.88. The van der Waals surface area contributed by atoms with E-state index in [1.54, 1.807) is 33.3 Å². The van der Waals surface area contributed by atoms with E-state index < -0.39 is 10.0 Å². The Bertz CT molecular complexity index is 1030. The highest BCUT2D eigenvalue weighted by atomic mass is 32.2. The molecule has 2 fully saturated rings. The smallest absolute Gasteiger partial charge is 0.292 e. The highest BCUT2D eigenvalue weighted by Gasteiger charge is 2.28. The number of ether oxygens (including phenoxy) is 1. The van der Waals surface area contributed by atoms with Gasteiger partial charge >= 0.3 is 0 Å². The summed E-state index contributed by atoms with van der Waals surface area (Å²) in [6.45, 7) is 7.61. The molecule has 0 unspecified atom stereocenters. The molecule has 1 aromatic heterocycles. The first-order valence-electron chi connectivity index (χ1n) is 10.5. The van der Waals surface area contributed by atoms with Gasteiger partial charge in [-0.1, -0.05) is 12.5 Å². The highest BCUT2D eigenvalue weighted by Crippen LogP contribution is 2.25. The van der Waals surface area contributed by atoms with Crippen molar-refractivity contribution in [3.05, 3.63) is 29.1 Å². The summed E-state index contributed by atoms with van der Waals surface area (Å²) in [5, 5.41) is 4.54. The van der Waals surface area contributed by atoms with Gasteiger partial charge in [-0.05, 0) is 57.1 Å². The first-order chi connectivity index (χ1) is 14.3. The van der Waals surface area contributed by atoms with Crippen molar-refractivity contribution < 1.29 is 22.5 Å². The first-order valence-corrected chi connectivity index (χ1v) is 12.4. The largest absolute Gasteiger partial charge is 0.409 e. The number of rotatable bonds is 5. The maximum Gasteiger partial charge on any atom is 0.292 e. The molecular formula is C20H29N4O4S2+. The molecule has 2 aromatic rings. The van der Waals surface area contributed by atoms with E-state index in [0.29, 0.717) is 31.2 Å². The molecular weight excluding hydrogens is 424 g/mol. The van der Waals surface area contributed by atoms with E-state index in [9.17, 15) is 8.42 Å². The van der Waals surface area contributed by atoms with Crippen molar-refractivity contribution >= 4 is 22.2 Å². The number of quaternary nitrogens is 1. The van der Waals surface area contributed by atoms with E-state index >= 15 is 0 Å². The fraction of sp³-hybridized carbons (Fsp3) is 0.600. The third-order valence-corrected chi connectivity index (χ3v) is 7.82. The molecule has 10 heteroatoms. The zero-order valence-corrected chi connectivity index (χ0v) is 19.0. The summed E-state index contributed by atoms with van der Waals surface area (Å²) in [7, 11) is -3.52. The monoisotopic (exact) mass is 453 g/mol. The second-order valence-corrected chi connectivity index (χ2v) is 10.5. The number of nitrogens with one attached hydrogen (secondary N) is 1. The van der Waals surface area contributed by atoms with E-state index in [2.05, 4.69) is 18.9 Å². The molecule has 8 nitrogen and oxygen atoms in total. The maximum absolute atomic E-state index is 13.0. The zero-order chi connectivity index (χ0) is 21.3. The standard InChI is InChI=1S/C20H28N4O4S2/c1-15-12-22(13-16(2)27-15)14-24-20(29)28-19(21-24)17-7-6-8-18(11-17)30(25,26)23-9-4-3-5-10-23/h6-8,11,15-16H,3-5,9-10,12-14H2,1-2H3/p+1/t15-,16-/m0/s1. The third-order valence-electron chi connectivity index (χ3n) is 5.63. The van der Waals surface area contributed by atoms with Crippen LogP contribution in [0.25, 0.3) is 11.5 Å². The van der Waals surface area contributed by atoms with Crippen LogP contribution in [0.1, 0.15) is 33.1 Å². The van der Waals surface area contributed by atoms with Crippen molar-refractivity contribution in [1.82, 2.24) is 14.1 Å². The van der Waals surface area contributed by atoms with Crippen LogP contribution in [-0.4, -0.2) is 60.9 Å². The SMILES string of the molecule is C[C@H]1C[NH+](Cn2nc(-c3cccc(S(=O)(=O)N4CCCCC4)c3)oc2=S)C[C@H](C)O1. The first kappa shape index (κ1) is 21.6. The molecule has 2 aliphatic heterocycles. The molecule has 0 saturated carbocycles. The number of piperidine rings is 1. The van der Waals surface area contributed by atoms with E-state index in [1.807, 2.05) is 0 Å². The Morgan fingerprint density at radius 1 is 1.17 bits per heavy atom. The number of morpholine rings is 1. The van der Waals surface area contributed by atoms with Crippen LogP contribution in [-0.2, 0) is 21.4 Å². The van der Waals surface area contributed by atoms with E-state index in [1.165, 1.54) is 4.90 Å². The minimum absolute atomic E-state index is 0.181. The van der Waals surface area contributed by atoms with Crippen molar-refractivity contribution in [3.63, 3.8) is 0 Å². The van der Waals surface area contributed by atoms with E-state index in [-0.39, 0.29) is 21.9 Å². The summed E-state index contributed by atoms with van der Waals surface area (Å²) in [6.07, 6.45) is 3.24. The number of hydrogen-bond donors (Lipinski definition) is 1. The lowest BCUT2D eigenvalue weighted by Gasteiger charge is -2.31. The number of aromatic nitrogens is 2. The molecule has 2 atom stereocenters. The molecule has 0 spiro atoms. The summed E-state index contributed by atoms with van der Waals surface area (Å²) in [4.78, 5) is 1.87. The third kappa shape index (κ3) is 4.67. The van der Waals surface area contributed by atoms with Crippen LogP contribution in [0, 0.1) is 4.84 Å². The minimum atomic E-state index is -3.52. The summed E-state index contributed by atoms with van der Waals surface area (Å²) in [5.41, 5.74) is 0.608. The fourth-order valence-electron chi connectivity index (χ4n) is 4.30. The fourth-order valence-corrected chi connectivity index (χ4v) is 6.04. The molecule has 2 aliphatic rings. The maximum atomic E-state index is 13.0. The number of hydrogen-bond acceptors (Lipinski definition) is 6. The van der Waals surface area contributed by atoms with Gasteiger partial charge in [-0.2, -0.15) is 8.99 Å². The molecule has 1 aromatic carbocycles. The summed E-state index contributed by atoms with van der Waals surface area (Å²) in [6, 6.07) is 6.77. The number of sulfonamides is 1. The Morgan fingerprint density at radius 3 is 2.57 bits per heavy atom. The van der Waals surface area contributed by atoms with Crippen molar-refractivity contribution in [2.24, 2.45) is 0 Å². The normalized spacial score (nSPS) is 26.0. The molecule has 4 rings (SSSR count). The van der Waals surface area contributed by atoms with Crippen LogP contribution in [0.4, 0.5) is 0 Å². The molecule has 0 radical (unpaired) electrons. The molecule has 164 valence electrons. The van der Waals surface area contributed by atoms with Gasteiger partial charge in [0.05, 0.1) is 4.90 Å². The molecule has 0 bridgehead atoms. The van der Waals surface area contributed by atoms with E-state index in [0.717, 1.165) is 32.4 Å². The van der Waals surface area contributed by atoms with Crippen molar-refractivity contribution in [1.29, 1.82) is 0 Å². The van der Waals surface area contributed by atoms with Crippen LogP contribution in [0.2, 0.25) is 0 Å². The van der Waals surface area contributed by atoms with Gasteiger partial charge in [0.1, 0.15) is 25.3 Å². The quantitative estimate of drug-likeness (QED) is 0.694. The summed E-state index contributed by atoms with van der Waals surface area (Å²) < 4.78 is 40.8. The zero-order valence-electron chi connectivity index (χ0n) is 17.4. The number of benzene rings is 1. The van der Waals surface area contributed by atoms with Crippen LogP contribution in [0.15, 0.2) is 33.6 Å². The second-order valence-electron chi connectivity index (χ2n) is 8.24. The molecule has 3 heterocycles. The Balaban J connectivity index is 1.56. The van der Waals surface area contributed by atoms with Crippen LogP contribution < -0.4 is 4.90 Å². The predicted molar refractivity (Wildman–Crippen MR) is 114 cm³/mol. The Kier molecular flexibility index (Phi) is 6.40. The van der Waals surface area contributed by atoms with Gasteiger partial charge in [0.25, 0.3) is 4.84 Å². The van der Waals surface area contributed by atoms with Gasteiger partial charge in [-0.25, -0.2) is 8.42 Å². The van der Waals surface area contributed by atoms with Crippen molar-refractivity contribution in [2.75, 3.05) is 26.2 Å². The van der Waals surface area contributed by atoms with Gasteiger partial charge in [-0.3, -0.25) is 0 Å². The van der Waals surface area contributed by atoms with Crippen LogP contribution >= 0.6 is 12.2 Å². The van der Waals surface area contributed by atoms with Crippen molar-refractivity contribution in [3.8, 4) is 11.5 Å². The lowest BCUT2D eigenvalue weighted by atomic mass is 10.2. The number of nitrogens with zero attached hydrogens (tertiary/aromatic N) is 3. The van der Waals surface area contributed by atoms with Gasteiger partial charge in [0.15, 0.2) is 6.67 Å². The Hall–Kier alpha value is -1.59. The van der Waals surface area contributed by atoms with Gasteiger partial charge in [0, 0.05) is 18.7 Å². The minimum Gasteiger partial charge on any atom is -0.409 e. The average molecular weight is 454 g/mol. The average Bonchev–Trinajstić information content (AvgIpc) is 3.08. The molecule has 2 saturated heterocycles. The van der Waals surface area contributed by atoms with Crippen LogP contribution in [0.5, 0.6) is 0 Å². The van der Waals surface area contributed by atoms with Gasteiger partial charge in [-0.15, -0.1) is 5.10 Å². The topological polar surface area (TPSA) is 82.0 Å². The van der Waals surface area contributed by atoms with Crippen LogP contribution in [0.3, 0.4) is 0 Å². The van der Waals surface area contributed by atoms with Gasteiger partial charge in [0.2, 0.25) is 15.9 Å². The summed E-state index contributed by atoms with van der Waals surface area (Å²) >= 11 is 5.37. The molecule has 1 N–H and O–H groups in total. The molecule has 30 heavy (non-hydrogen) atoms. The van der Waals surface area contributed by atoms with Crippen molar-refractivity contribution in [2.45, 2.75) is 56.9 Å². The molecule has 0 aliphatic carbocycles.